The number of halogens is 1. The van der Waals surface area contributed by atoms with Gasteiger partial charge in [-0.15, -0.1) is 0 Å². The highest BCUT2D eigenvalue weighted by Crippen LogP contribution is 2.25. The van der Waals surface area contributed by atoms with Gasteiger partial charge in [-0.25, -0.2) is 0 Å². The largest absolute Gasteiger partial charge is 0.311 e. The van der Waals surface area contributed by atoms with E-state index in [4.69, 9.17) is 11.6 Å². The van der Waals surface area contributed by atoms with Crippen LogP contribution in [0.2, 0.25) is 5.02 Å². The van der Waals surface area contributed by atoms with Gasteiger partial charge in [-0.1, -0.05) is 43.1 Å². The molecule has 1 aliphatic heterocycles. The topological polar surface area (TPSA) is 15.3 Å². The van der Waals surface area contributed by atoms with E-state index in [-0.39, 0.29) is 5.54 Å². The molecule has 0 radical (unpaired) electrons. The van der Waals surface area contributed by atoms with Crippen LogP contribution in [0.15, 0.2) is 24.3 Å². The van der Waals surface area contributed by atoms with E-state index in [0.717, 1.165) is 24.7 Å². The third-order valence-electron chi connectivity index (χ3n) is 4.08. The molecule has 0 amide bonds. The smallest absolute Gasteiger partial charge is 0.0451 e. The van der Waals surface area contributed by atoms with Crippen molar-refractivity contribution < 1.29 is 0 Å². The molecule has 1 aromatic rings. The second kappa shape index (κ2) is 6.25. The Morgan fingerprint density at radius 2 is 2.11 bits per heavy atom. The highest BCUT2D eigenvalue weighted by molar-refractivity contribution is 6.31. The van der Waals surface area contributed by atoms with Crippen LogP contribution in [-0.4, -0.2) is 29.6 Å². The van der Waals surface area contributed by atoms with Crippen molar-refractivity contribution in [3.63, 3.8) is 0 Å². The van der Waals surface area contributed by atoms with E-state index in [0.29, 0.717) is 6.04 Å². The van der Waals surface area contributed by atoms with Crippen molar-refractivity contribution in [3.05, 3.63) is 34.9 Å². The Morgan fingerprint density at radius 3 is 2.79 bits per heavy atom. The average Bonchev–Trinajstić information content (AvgIpc) is 2.36. The number of benzene rings is 1. The normalized spacial score (nSPS) is 23.5. The van der Waals surface area contributed by atoms with Crippen molar-refractivity contribution in [2.24, 2.45) is 0 Å². The minimum atomic E-state index is 0.184. The molecule has 0 saturated carbocycles. The van der Waals surface area contributed by atoms with Crippen LogP contribution in [0.4, 0.5) is 0 Å². The van der Waals surface area contributed by atoms with Gasteiger partial charge in [0, 0.05) is 36.2 Å². The van der Waals surface area contributed by atoms with Crippen LogP contribution in [0.5, 0.6) is 0 Å². The molecule has 1 N–H and O–H groups in total. The fraction of sp³-hybridized carbons (Fsp3) is 0.625. The van der Waals surface area contributed by atoms with E-state index in [1.54, 1.807) is 0 Å². The fourth-order valence-electron chi connectivity index (χ4n) is 2.74. The molecule has 1 aromatic carbocycles. The molecular weight excluding hydrogens is 256 g/mol. The van der Waals surface area contributed by atoms with Gasteiger partial charge in [0.2, 0.25) is 0 Å². The molecule has 106 valence electrons. The molecule has 1 atom stereocenters. The van der Waals surface area contributed by atoms with Gasteiger partial charge in [0.15, 0.2) is 0 Å². The Labute approximate surface area is 122 Å². The first-order valence-electron chi connectivity index (χ1n) is 7.25. The van der Waals surface area contributed by atoms with Crippen molar-refractivity contribution in [2.75, 3.05) is 13.1 Å². The predicted molar refractivity (Wildman–Crippen MR) is 82.6 cm³/mol. The second-order valence-corrected chi connectivity index (χ2v) is 6.56. The molecule has 0 aromatic heterocycles. The highest BCUT2D eigenvalue weighted by Gasteiger charge is 2.33. The summed E-state index contributed by atoms with van der Waals surface area (Å²) in [5.41, 5.74) is 1.41. The SMILES string of the molecule is CCCC1CN(Cc2ccccc2Cl)C(C)(C)CN1. The lowest BCUT2D eigenvalue weighted by atomic mass is 9.95. The van der Waals surface area contributed by atoms with E-state index in [1.165, 1.54) is 18.4 Å². The lowest BCUT2D eigenvalue weighted by molar-refractivity contribution is 0.0564. The standard InChI is InChI=1S/C16H25ClN2/c1-4-7-14-11-19(16(2,3)12-18-14)10-13-8-5-6-9-15(13)17/h5-6,8-9,14,18H,4,7,10-12H2,1-3H3. The molecule has 0 aliphatic carbocycles. The third kappa shape index (κ3) is 3.71. The first-order chi connectivity index (χ1) is 9.03. The van der Waals surface area contributed by atoms with E-state index in [2.05, 4.69) is 43.1 Å². The summed E-state index contributed by atoms with van der Waals surface area (Å²) in [7, 11) is 0. The Balaban J connectivity index is 2.09. The maximum absolute atomic E-state index is 6.29. The number of nitrogens with one attached hydrogen (secondary N) is 1. The Hall–Kier alpha value is -0.570. The molecule has 19 heavy (non-hydrogen) atoms. The van der Waals surface area contributed by atoms with Crippen LogP contribution in [0.25, 0.3) is 0 Å². The number of hydrogen-bond acceptors (Lipinski definition) is 2. The molecule has 0 bridgehead atoms. The van der Waals surface area contributed by atoms with Crippen molar-refractivity contribution in [2.45, 2.75) is 51.7 Å². The van der Waals surface area contributed by atoms with Crippen molar-refractivity contribution in [3.8, 4) is 0 Å². The van der Waals surface area contributed by atoms with Gasteiger partial charge >= 0.3 is 0 Å². The quantitative estimate of drug-likeness (QED) is 0.905. The molecule has 1 heterocycles. The van der Waals surface area contributed by atoms with Gasteiger partial charge < -0.3 is 5.32 Å². The molecule has 3 heteroatoms. The summed E-state index contributed by atoms with van der Waals surface area (Å²) >= 11 is 6.29. The fourth-order valence-corrected chi connectivity index (χ4v) is 2.93. The molecule has 2 rings (SSSR count). The van der Waals surface area contributed by atoms with Gasteiger partial charge in [0.05, 0.1) is 0 Å². The van der Waals surface area contributed by atoms with Gasteiger partial charge in [0.25, 0.3) is 0 Å². The second-order valence-electron chi connectivity index (χ2n) is 6.15. The summed E-state index contributed by atoms with van der Waals surface area (Å²) in [6, 6.07) is 8.79. The van der Waals surface area contributed by atoms with E-state index in [1.807, 2.05) is 12.1 Å². The molecular formula is C16H25ClN2. The average molecular weight is 281 g/mol. The zero-order chi connectivity index (χ0) is 13.9. The molecule has 0 spiro atoms. The maximum Gasteiger partial charge on any atom is 0.0451 e. The van der Waals surface area contributed by atoms with E-state index >= 15 is 0 Å². The van der Waals surface area contributed by atoms with Crippen LogP contribution in [0.1, 0.15) is 39.2 Å². The minimum Gasteiger partial charge on any atom is -0.311 e. The van der Waals surface area contributed by atoms with Crippen LogP contribution >= 0.6 is 11.6 Å². The van der Waals surface area contributed by atoms with Crippen LogP contribution in [0, 0.1) is 0 Å². The summed E-state index contributed by atoms with van der Waals surface area (Å²) in [4.78, 5) is 2.56. The van der Waals surface area contributed by atoms with Crippen LogP contribution < -0.4 is 5.32 Å². The molecule has 1 saturated heterocycles. The van der Waals surface area contributed by atoms with E-state index in [9.17, 15) is 0 Å². The Bertz CT molecular complexity index is 417. The summed E-state index contributed by atoms with van der Waals surface area (Å²) < 4.78 is 0. The van der Waals surface area contributed by atoms with Gasteiger partial charge in [-0.05, 0) is 31.9 Å². The Morgan fingerprint density at radius 1 is 1.37 bits per heavy atom. The molecule has 1 aliphatic rings. The van der Waals surface area contributed by atoms with Crippen molar-refractivity contribution in [1.29, 1.82) is 0 Å². The summed E-state index contributed by atoms with van der Waals surface area (Å²) in [6.45, 7) is 9.95. The van der Waals surface area contributed by atoms with Crippen molar-refractivity contribution >= 4 is 11.6 Å². The number of rotatable bonds is 4. The number of hydrogen-bond donors (Lipinski definition) is 1. The Kier molecular flexibility index (Phi) is 4.88. The monoisotopic (exact) mass is 280 g/mol. The molecule has 1 unspecified atom stereocenters. The van der Waals surface area contributed by atoms with Gasteiger partial charge in [-0.2, -0.15) is 0 Å². The summed E-state index contributed by atoms with van der Waals surface area (Å²) in [5, 5.41) is 4.54. The zero-order valence-electron chi connectivity index (χ0n) is 12.2. The first kappa shape index (κ1) is 14.8. The lowest BCUT2D eigenvalue weighted by Crippen LogP contribution is -2.61. The summed E-state index contributed by atoms with van der Waals surface area (Å²) in [5.74, 6) is 0. The number of piperazine rings is 1. The summed E-state index contributed by atoms with van der Waals surface area (Å²) in [6.07, 6.45) is 2.48. The van der Waals surface area contributed by atoms with Gasteiger partial charge in [0.1, 0.15) is 0 Å². The zero-order valence-corrected chi connectivity index (χ0v) is 13.0. The number of nitrogens with zero attached hydrogens (tertiary/aromatic N) is 1. The van der Waals surface area contributed by atoms with Crippen LogP contribution in [0.3, 0.4) is 0 Å². The van der Waals surface area contributed by atoms with Crippen LogP contribution in [-0.2, 0) is 6.54 Å². The molecule has 2 nitrogen and oxygen atoms in total. The van der Waals surface area contributed by atoms with Crippen molar-refractivity contribution in [1.82, 2.24) is 10.2 Å². The molecule has 1 fully saturated rings. The predicted octanol–water partition coefficient (Wildman–Crippen LogP) is 3.69. The highest BCUT2D eigenvalue weighted by atomic mass is 35.5. The third-order valence-corrected chi connectivity index (χ3v) is 4.45. The minimum absolute atomic E-state index is 0.184. The first-order valence-corrected chi connectivity index (χ1v) is 7.62. The maximum atomic E-state index is 6.29. The van der Waals surface area contributed by atoms with Gasteiger partial charge in [-0.3, -0.25) is 4.90 Å². The van der Waals surface area contributed by atoms with E-state index < -0.39 is 0 Å². The lowest BCUT2D eigenvalue weighted by Gasteiger charge is -2.46.